The molecule has 0 bridgehead atoms. The summed E-state index contributed by atoms with van der Waals surface area (Å²) in [6.07, 6.45) is 7.25. The van der Waals surface area contributed by atoms with Crippen LogP contribution in [-0.2, 0) is 5.41 Å². The van der Waals surface area contributed by atoms with Gasteiger partial charge in [-0.25, -0.2) is 0 Å². The number of hydrogen-bond donors (Lipinski definition) is 1. The van der Waals surface area contributed by atoms with Gasteiger partial charge in [-0.05, 0) is 50.1 Å². The molecule has 0 amide bonds. The highest BCUT2D eigenvalue weighted by Crippen LogP contribution is 2.64. The molecule has 2 aliphatic rings. The van der Waals surface area contributed by atoms with Crippen LogP contribution >= 0.6 is 0 Å². The second-order valence-electron chi connectivity index (χ2n) is 6.64. The molecular formula is C17H25N. The Bertz CT molecular complexity index is 423. The lowest BCUT2D eigenvalue weighted by molar-refractivity contribution is -0.0481. The Kier molecular flexibility index (Phi) is 2.97. The summed E-state index contributed by atoms with van der Waals surface area (Å²) in [6.45, 7) is 6.67. The number of nitrogens with one attached hydrogen (secondary N) is 1. The highest BCUT2D eigenvalue weighted by atomic mass is 14.9. The zero-order valence-electron chi connectivity index (χ0n) is 11.8. The third kappa shape index (κ3) is 1.89. The van der Waals surface area contributed by atoms with Gasteiger partial charge in [-0.2, -0.15) is 0 Å². The summed E-state index contributed by atoms with van der Waals surface area (Å²) in [5.41, 5.74) is 4.14. The summed E-state index contributed by atoms with van der Waals surface area (Å²) in [5, 5.41) is 3.59. The average molecular weight is 243 g/mol. The Morgan fingerprint density at radius 1 is 1.22 bits per heavy atom. The van der Waals surface area contributed by atoms with E-state index in [0.29, 0.717) is 5.41 Å². The molecule has 1 aromatic carbocycles. The van der Waals surface area contributed by atoms with Crippen LogP contribution in [-0.4, -0.2) is 13.1 Å². The van der Waals surface area contributed by atoms with Crippen LogP contribution in [0.4, 0.5) is 0 Å². The lowest BCUT2D eigenvalue weighted by Crippen LogP contribution is -2.57. The summed E-state index contributed by atoms with van der Waals surface area (Å²) >= 11 is 0. The molecule has 0 unspecified atom stereocenters. The summed E-state index contributed by atoms with van der Waals surface area (Å²) in [7, 11) is 0. The van der Waals surface area contributed by atoms with E-state index in [0.717, 1.165) is 18.5 Å². The van der Waals surface area contributed by atoms with Crippen molar-refractivity contribution in [1.29, 1.82) is 0 Å². The fourth-order valence-corrected chi connectivity index (χ4v) is 4.18. The maximum absolute atomic E-state index is 3.59. The maximum atomic E-state index is 3.59. The molecule has 0 heterocycles. The summed E-state index contributed by atoms with van der Waals surface area (Å²) < 4.78 is 0. The minimum absolute atomic E-state index is 0.433. The fraction of sp³-hybridized carbons (Fsp3) is 0.647. The Hall–Kier alpha value is -0.820. The Morgan fingerprint density at radius 2 is 2.00 bits per heavy atom. The van der Waals surface area contributed by atoms with Crippen molar-refractivity contribution in [2.75, 3.05) is 13.1 Å². The van der Waals surface area contributed by atoms with Gasteiger partial charge >= 0.3 is 0 Å². The molecule has 0 saturated heterocycles. The number of likely N-dealkylation sites (N-methyl/N-ethyl adjacent to an activating group) is 1. The molecule has 2 saturated carbocycles. The lowest BCUT2D eigenvalue weighted by Gasteiger charge is -2.62. The smallest absolute Gasteiger partial charge is 0.00884 e. The standard InChI is InChI=1S/C17H25N/c1-3-18-13-17(11-16(12-17)8-5-9-16)15-7-4-6-14(2)10-15/h4,6-7,10,18H,3,5,8-9,11-13H2,1-2H3. The molecule has 1 nitrogen and oxygen atoms in total. The van der Waals surface area contributed by atoms with Crippen molar-refractivity contribution in [2.24, 2.45) is 5.41 Å². The largest absolute Gasteiger partial charge is 0.316 e. The van der Waals surface area contributed by atoms with E-state index in [2.05, 4.69) is 43.4 Å². The number of aryl methyl sites for hydroxylation is 1. The summed E-state index contributed by atoms with van der Waals surface area (Å²) in [6, 6.07) is 9.19. The molecule has 1 heteroatoms. The van der Waals surface area contributed by atoms with E-state index in [4.69, 9.17) is 0 Å². The minimum Gasteiger partial charge on any atom is -0.316 e. The molecule has 18 heavy (non-hydrogen) atoms. The summed E-state index contributed by atoms with van der Waals surface area (Å²) in [4.78, 5) is 0. The van der Waals surface area contributed by atoms with E-state index in [9.17, 15) is 0 Å². The highest BCUT2D eigenvalue weighted by Gasteiger charge is 2.57. The van der Waals surface area contributed by atoms with Gasteiger partial charge < -0.3 is 5.32 Å². The molecule has 0 radical (unpaired) electrons. The van der Waals surface area contributed by atoms with Gasteiger partial charge in [0.1, 0.15) is 0 Å². The second-order valence-corrected chi connectivity index (χ2v) is 6.64. The van der Waals surface area contributed by atoms with Crippen molar-refractivity contribution in [1.82, 2.24) is 5.32 Å². The van der Waals surface area contributed by atoms with Gasteiger partial charge in [-0.3, -0.25) is 0 Å². The predicted octanol–water partition coefficient (Wildman–Crippen LogP) is 3.81. The van der Waals surface area contributed by atoms with Crippen molar-refractivity contribution in [3.8, 4) is 0 Å². The zero-order chi connectivity index (χ0) is 12.6. The minimum atomic E-state index is 0.433. The van der Waals surface area contributed by atoms with Gasteiger partial charge in [0, 0.05) is 12.0 Å². The maximum Gasteiger partial charge on any atom is 0.00884 e. The van der Waals surface area contributed by atoms with E-state index in [-0.39, 0.29) is 0 Å². The Labute approximate surface area is 111 Å². The molecule has 3 rings (SSSR count). The Morgan fingerprint density at radius 3 is 2.56 bits per heavy atom. The third-order valence-corrected chi connectivity index (χ3v) is 5.18. The normalized spacial score (nSPS) is 23.4. The molecular weight excluding hydrogens is 218 g/mol. The van der Waals surface area contributed by atoms with Crippen molar-refractivity contribution in [2.45, 2.75) is 51.4 Å². The first-order chi connectivity index (χ1) is 8.68. The fourth-order valence-electron chi connectivity index (χ4n) is 4.18. The number of rotatable bonds is 4. The van der Waals surface area contributed by atoms with E-state index in [1.54, 1.807) is 5.56 Å². The molecule has 2 fully saturated rings. The molecule has 2 aliphatic carbocycles. The van der Waals surface area contributed by atoms with Crippen LogP contribution in [0.5, 0.6) is 0 Å². The van der Waals surface area contributed by atoms with Crippen LogP contribution in [0.1, 0.15) is 50.2 Å². The van der Waals surface area contributed by atoms with Crippen molar-refractivity contribution < 1.29 is 0 Å². The molecule has 0 aliphatic heterocycles. The molecule has 0 atom stereocenters. The number of benzene rings is 1. The summed E-state index contributed by atoms with van der Waals surface area (Å²) in [5.74, 6) is 0. The van der Waals surface area contributed by atoms with Crippen LogP contribution in [0.3, 0.4) is 0 Å². The van der Waals surface area contributed by atoms with E-state index >= 15 is 0 Å². The molecule has 0 aromatic heterocycles. The highest BCUT2D eigenvalue weighted by molar-refractivity contribution is 5.35. The average Bonchev–Trinajstić information content (AvgIpc) is 2.26. The first kappa shape index (κ1) is 12.2. The first-order valence-electron chi connectivity index (χ1n) is 7.46. The van der Waals surface area contributed by atoms with E-state index in [1.165, 1.54) is 37.7 Å². The van der Waals surface area contributed by atoms with Crippen LogP contribution in [0.15, 0.2) is 24.3 Å². The first-order valence-corrected chi connectivity index (χ1v) is 7.46. The van der Waals surface area contributed by atoms with Gasteiger partial charge in [0.25, 0.3) is 0 Å². The lowest BCUT2D eigenvalue weighted by atomic mass is 9.43. The third-order valence-electron chi connectivity index (χ3n) is 5.18. The zero-order valence-corrected chi connectivity index (χ0v) is 11.8. The van der Waals surface area contributed by atoms with Crippen LogP contribution in [0.25, 0.3) is 0 Å². The van der Waals surface area contributed by atoms with Crippen LogP contribution in [0.2, 0.25) is 0 Å². The van der Waals surface area contributed by atoms with E-state index in [1.807, 2.05) is 0 Å². The molecule has 1 N–H and O–H groups in total. The monoisotopic (exact) mass is 243 g/mol. The topological polar surface area (TPSA) is 12.0 Å². The molecule has 1 aromatic rings. The van der Waals surface area contributed by atoms with Crippen LogP contribution in [0, 0.1) is 12.3 Å². The van der Waals surface area contributed by atoms with Gasteiger partial charge in [0.2, 0.25) is 0 Å². The van der Waals surface area contributed by atoms with E-state index < -0.39 is 0 Å². The van der Waals surface area contributed by atoms with Crippen molar-refractivity contribution in [3.05, 3.63) is 35.4 Å². The van der Waals surface area contributed by atoms with Crippen molar-refractivity contribution in [3.63, 3.8) is 0 Å². The Balaban J connectivity index is 1.82. The SMILES string of the molecule is CCNCC1(c2cccc(C)c2)CC2(CCC2)C1. The van der Waals surface area contributed by atoms with Crippen molar-refractivity contribution >= 4 is 0 Å². The molecule has 98 valence electrons. The molecule has 1 spiro atoms. The van der Waals surface area contributed by atoms with Gasteiger partial charge in [0.05, 0.1) is 0 Å². The van der Waals surface area contributed by atoms with Gasteiger partial charge in [0.15, 0.2) is 0 Å². The number of hydrogen-bond acceptors (Lipinski definition) is 1. The second kappa shape index (κ2) is 4.38. The van der Waals surface area contributed by atoms with Gasteiger partial charge in [-0.1, -0.05) is 43.2 Å². The van der Waals surface area contributed by atoms with Gasteiger partial charge in [-0.15, -0.1) is 0 Å². The quantitative estimate of drug-likeness (QED) is 0.848. The van der Waals surface area contributed by atoms with Crippen LogP contribution < -0.4 is 5.32 Å². The predicted molar refractivity (Wildman–Crippen MR) is 76.9 cm³/mol.